The van der Waals surface area contributed by atoms with Crippen molar-refractivity contribution in [1.82, 2.24) is 20.4 Å². The minimum atomic E-state index is -0.953. The number of nitrogens with zero attached hydrogens (tertiary/aromatic N) is 3. The van der Waals surface area contributed by atoms with Crippen LogP contribution in [0.15, 0.2) is 64.4 Å². The molecule has 0 aliphatic carbocycles. The summed E-state index contributed by atoms with van der Waals surface area (Å²) >= 11 is 1.57. The van der Waals surface area contributed by atoms with Gasteiger partial charge in [-0.05, 0) is 54.4 Å². The number of hydrogen-bond acceptors (Lipinski definition) is 4. The van der Waals surface area contributed by atoms with Crippen LogP contribution in [-0.2, 0) is 12.1 Å². The van der Waals surface area contributed by atoms with Crippen molar-refractivity contribution in [3.05, 3.63) is 70.7 Å². The van der Waals surface area contributed by atoms with Crippen LogP contribution in [0, 0.1) is 0 Å². The monoisotopic (exact) mass is 511 g/mol. The fourth-order valence-electron chi connectivity index (χ4n) is 2.60. The van der Waals surface area contributed by atoms with Crippen LogP contribution in [0.5, 0.6) is 0 Å². The molecule has 3 aromatic rings. The predicted molar refractivity (Wildman–Crippen MR) is 126 cm³/mol. The topological polar surface area (TPSA) is 74.5 Å². The largest absolute Gasteiger partial charge is 0.384 e. The Morgan fingerprint density at radius 1 is 1.21 bits per heavy atom. The van der Waals surface area contributed by atoms with Gasteiger partial charge in [-0.15, -0.1) is 24.0 Å². The summed E-state index contributed by atoms with van der Waals surface area (Å²) in [5.41, 5.74) is 1.84. The van der Waals surface area contributed by atoms with Crippen molar-refractivity contribution in [2.75, 3.05) is 13.1 Å². The molecule has 2 aromatic heterocycles. The molecule has 28 heavy (non-hydrogen) atoms. The van der Waals surface area contributed by atoms with Crippen molar-refractivity contribution >= 4 is 41.3 Å². The quantitative estimate of drug-likeness (QED) is 0.258. The summed E-state index contributed by atoms with van der Waals surface area (Å²) in [4.78, 5) is 4.59. The Morgan fingerprint density at radius 2 is 2.00 bits per heavy atom. The third-order valence-corrected chi connectivity index (χ3v) is 4.83. The van der Waals surface area contributed by atoms with E-state index in [-0.39, 0.29) is 24.0 Å². The van der Waals surface area contributed by atoms with Crippen LogP contribution in [0.25, 0.3) is 5.69 Å². The van der Waals surface area contributed by atoms with Crippen LogP contribution in [0.3, 0.4) is 0 Å². The van der Waals surface area contributed by atoms with E-state index >= 15 is 0 Å². The molecular weight excluding hydrogens is 485 g/mol. The molecule has 6 nitrogen and oxygen atoms in total. The highest BCUT2D eigenvalue weighted by atomic mass is 127. The Labute approximate surface area is 186 Å². The molecule has 0 aliphatic heterocycles. The van der Waals surface area contributed by atoms with Crippen molar-refractivity contribution in [3.8, 4) is 5.69 Å². The van der Waals surface area contributed by atoms with Gasteiger partial charge in [0.15, 0.2) is 5.96 Å². The molecule has 3 rings (SSSR count). The average Bonchev–Trinajstić information content (AvgIpc) is 3.37. The second-order valence-electron chi connectivity index (χ2n) is 6.42. The summed E-state index contributed by atoms with van der Waals surface area (Å²) in [6.07, 6.45) is 1.93. The van der Waals surface area contributed by atoms with E-state index in [0.29, 0.717) is 19.0 Å². The van der Waals surface area contributed by atoms with Crippen molar-refractivity contribution in [2.24, 2.45) is 4.99 Å². The van der Waals surface area contributed by atoms with Crippen LogP contribution in [-0.4, -0.2) is 33.9 Å². The average molecular weight is 511 g/mol. The molecule has 1 unspecified atom stereocenters. The maximum atomic E-state index is 10.7. The molecule has 0 saturated carbocycles. The molecule has 2 heterocycles. The summed E-state index contributed by atoms with van der Waals surface area (Å²) < 4.78 is 1.84. The third-order valence-electron chi connectivity index (χ3n) is 4.15. The van der Waals surface area contributed by atoms with E-state index < -0.39 is 5.60 Å². The highest BCUT2D eigenvalue weighted by molar-refractivity contribution is 14.0. The molecule has 8 heteroatoms. The highest BCUT2D eigenvalue weighted by Gasteiger charge is 2.23. The Kier molecular flexibility index (Phi) is 8.46. The van der Waals surface area contributed by atoms with Gasteiger partial charge in [0.2, 0.25) is 0 Å². The first-order chi connectivity index (χ1) is 13.1. The molecule has 0 saturated heterocycles. The number of nitrogens with one attached hydrogen (secondary N) is 2. The van der Waals surface area contributed by atoms with Crippen LogP contribution < -0.4 is 10.6 Å². The molecule has 0 bridgehead atoms. The fraction of sp³-hybridized carbons (Fsp3) is 0.300. The van der Waals surface area contributed by atoms with Crippen LogP contribution >= 0.6 is 35.3 Å². The summed E-state index contributed by atoms with van der Waals surface area (Å²) in [6, 6.07) is 13.9. The van der Waals surface area contributed by atoms with E-state index in [1.807, 2.05) is 71.0 Å². The van der Waals surface area contributed by atoms with E-state index in [1.165, 1.54) is 0 Å². The summed E-state index contributed by atoms with van der Waals surface area (Å²) in [5, 5.41) is 25.6. The van der Waals surface area contributed by atoms with Crippen molar-refractivity contribution in [3.63, 3.8) is 0 Å². The highest BCUT2D eigenvalue weighted by Crippen LogP contribution is 2.21. The number of aliphatic imine (C=N–C) groups is 1. The second kappa shape index (κ2) is 10.6. The number of aromatic nitrogens is 2. The number of rotatable bonds is 7. The van der Waals surface area contributed by atoms with E-state index in [9.17, 15) is 5.11 Å². The number of halogens is 1. The molecule has 0 amide bonds. The van der Waals surface area contributed by atoms with Crippen molar-refractivity contribution in [2.45, 2.75) is 26.0 Å². The standard InChI is InChI=1S/C20H25N5OS.HI/c1-3-21-19(23-15-20(2,26)16-10-12-27-14-16)22-13-17-9-11-25(24-17)18-7-5-4-6-8-18;/h4-12,14,26H,3,13,15H2,1-2H3,(H2,21,22,23);1H. The lowest BCUT2D eigenvalue weighted by atomic mass is 9.99. The van der Waals surface area contributed by atoms with Crippen molar-refractivity contribution in [1.29, 1.82) is 0 Å². The fourth-order valence-corrected chi connectivity index (χ4v) is 3.38. The SMILES string of the molecule is CCNC(=NCc1ccn(-c2ccccc2)n1)NCC(C)(O)c1ccsc1.I. The van der Waals surface area contributed by atoms with Crippen LogP contribution in [0.1, 0.15) is 25.1 Å². The molecular formula is C20H26IN5OS. The lowest BCUT2D eigenvalue weighted by Crippen LogP contribution is -2.44. The summed E-state index contributed by atoms with van der Waals surface area (Å²) in [7, 11) is 0. The van der Waals surface area contributed by atoms with Gasteiger partial charge in [-0.25, -0.2) is 9.67 Å². The van der Waals surface area contributed by atoms with Crippen LogP contribution in [0.4, 0.5) is 0 Å². The molecule has 0 fully saturated rings. The third kappa shape index (κ3) is 6.05. The Hall–Kier alpha value is -1.91. The van der Waals surface area contributed by atoms with Crippen molar-refractivity contribution < 1.29 is 5.11 Å². The smallest absolute Gasteiger partial charge is 0.191 e. The van der Waals surface area contributed by atoms with Gasteiger partial charge in [0, 0.05) is 12.7 Å². The zero-order valence-electron chi connectivity index (χ0n) is 16.0. The molecule has 0 radical (unpaired) electrons. The molecule has 1 aromatic carbocycles. The van der Waals surface area contributed by atoms with E-state index in [4.69, 9.17) is 0 Å². The number of thiophene rings is 1. The molecule has 150 valence electrons. The van der Waals surface area contributed by atoms with E-state index in [0.717, 1.165) is 23.5 Å². The first kappa shape index (κ1) is 22.4. The van der Waals surface area contributed by atoms with Gasteiger partial charge in [-0.1, -0.05) is 18.2 Å². The molecule has 3 N–H and O–H groups in total. The Bertz CT molecular complexity index is 862. The molecule has 0 spiro atoms. The van der Waals surface area contributed by atoms with Crippen LogP contribution in [0.2, 0.25) is 0 Å². The lowest BCUT2D eigenvalue weighted by Gasteiger charge is -2.24. The molecule has 1 atom stereocenters. The number of para-hydroxylation sites is 1. The maximum Gasteiger partial charge on any atom is 0.191 e. The number of benzene rings is 1. The Balaban J connectivity index is 0.00000280. The van der Waals surface area contributed by atoms with E-state index in [1.54, 1.807) is 18.3 Å². The first-order valence-corrected chi connectivity index (χ1v) is 9.90. The van der Waals surface area contributed by atoms with Gasteiger partial charge in [0.1, 0.15) is 5.60 Å². The first-order valence-electron chi connectivity index (χ1n) is 8.95. The predicted octanol–water partition coefficient (Wildman–Crippen LogP) is 3.51. The van der Waals surface area contributed by atoms with Gasteiger partial charge in [-0.3, -0.25) is 0 Å². The van der Waals surface area contributed by atoms with Gasteiger partial charge in [0.05, 0.1) is 24.5 Å². The zero-order valence-corrected chi connectivity index (χ0v) is 19.1. The number of hydrogen-bond donors (Lipinski definition) is 3. The maximum absolute atomic E-state index is 10.7. The van der Waals surface area contributed by atoms with Gasteiger partial charge < -0.3 is 15.7 Å². The van der Waals surface area contributed by atoms with Gasteiger partial charge >= 0.3 is 0 Å². The Morgan fingerprint density at radius 3 is 2.68 bits per heavy atom. The van der Waals surface area contributed by atoms with E-state index in [2.05, 4.69) is 20.7 Å². The lowest BCUT2D eigenvalue weighted by molar-refractivity contribution is 0.0621. The van der Waals surface area contributed by atoms with Gasteiger partial charge in [-0.2, -0.15) is 16.4 Å². The summed E-state index contributed by atoms with van der Waals surface area (Å²) in [6.45, 7) is 5.38. The molecule has 0 aliphatic rings. The minimum Gasteiger partial charge on any atom is -0.384 e. The van der Waals surface area contributed by atoms with Gasteiger partial charge in [0.25, 0.3) is 0 Å². The summed E-state index contributed by atoms with van der Waals surface area (Å²) in [5.74, 6) is 0.655. The number of aliphatic hydroxyl groups is 1. The zero-order chi connectivity index (χ0) is 19.1. The second-order valence-corrected chi connectivity index (χ2v) is 7.20. The normalized spacial score (nSPS) is 13.5. The minimum absolute atomic E-state index is 0. The number of guanidine groups is 1.